The first kappa shape index (κ1) is 10.5. The Balaban J connectivity index is 2.95. The van der Waals surface area contributed by atoms with Crippen LogP contribution in [0.3, 0.4) is 0 Å². The molecule has 4 N–H and O–H groups in total. The maximum atomic E-state index is 8.37. The molecule has 0 rings (SSSR count). The maximum absolute atomic E-state index is 8.37. The van der Waals surface area contributed by atoms with E-state index in [-0.39, 0.29) is 0 Å². The van der Waals surface area contributed by atoms with Crippen LogP contribution in [0, 0.1) is 0 Å². The zero-order valence-corrected chi connectivity index (χ0v) is 6.97. The van der Waals surface area contributed by atoms with Crippen molar-refractivity contribution in [3.8, 4) is 0 Å². The number of rotatable bonds is 7. The number of unbranched alkanes of at least 4 members (excludes halogenated alkanes) is 3. The number of nitrogens with two attached hydrogens (primary N) is 1. The quantitative estimate of drug-likeness (QED) is 0.387. The number of nitrogens with one attached hydrogen (secondary N) is 1. The number of hydroxylamine groups is 1. The van der Waals surface area contributed by atoms with Crippen LogP contribution in [0.5, 0.6) is 0 Å². The molecule has 11 heavy (non-hydrogen) atoms. The van der Waals surface area contributed by atoms with Crippen molar-refractivity contribution in [2.45, 2.75) is 32.1 Å². The van der Waals surface area contributed by atoms with Crippen molar-refractivity contribution in [2.75, 3.05) is 6.54 Å². The lowest BCUT2D eigenvalue weighted by Crippen LogP contribution is -2.04. The minimum Gasteiger partial charge on any atom is -0.330 e. The van der Waals surface area contributed by atoms with Gasteiger partial charge in [0.1, 0.15) is 0 Å². The molecule has 0 aliphatic carbocycles. The summed E-state index contributed by atoms with van der Waals surface area (Å²) >= 11 is 0. The highest BCUT2D eigenvalue weighted by Crippen LogP contribution is 2.05. The van der Waals surface area contributed by atoms with Crippen molar-refractivity contribution in [3.05, 3.63) is 12.3 Å². The van der Waals surface area contributed by atoms with Gasteiger partial charge in [-0.1, -0.05) is 19.4 Å². The summed E-state index contributed by atoms with van der Waals surface area (Å²) in [6.45, 7) is 4.38. The molecular weight excluding hydrogens is 140 g/mol. The minimum atomic E-state index is 0.692. The van der Waals surface area contributed by atoms with E-state index in [0.717, 1.165) is 32.2 Å². The third-order valence-electron chi connectivity index (χ3n) is 1.59. The summed E-state index contributed by atoms with van der Waals surface area (Å²) in [5, 5.41) is 8.37. The molecule has 0 spiro atoms. The molecule has 0 saturated heterocycles. The van der Waals surface area contributed by atoms with E-state index in [0.29, 0.717) is 5.70 Å². The molecule has 3 heteroatoms. The van der Waals surface area contributed by atoms with Gasteiger partial charge in [-0.2, -0.15) is 0 Å². The van der Waals surface area contributed by atoms with Crippen molar-refractivity contribution in [3.63, 3.8) is 0 Å². The van der Waals surface area contributed by atoms with Gasteiger partial charge in [-0.3, -0.25) is 10.7 Å². The van der Waals surface area contributed by atoms with Crippen LogP contribution in [-0.4, -0.2) is 11.8 Å². The third kappa shape index (κ3) is 7.36. The lowest BCUT2D eigenvalue weighted by atomic mass is 10.1. The average Bonchev–Trinajstić information content (AvgIpc) is 2.04. The molecule has 0 amide bonds. The van der Waals surface area contributed by atoms with Gasteiger partial charge in [0.05, 0.1) is 0 Å². The summed E-state index contributed by atoms with van der Waals surface area (Å²) in [6, 6.07) is 0. The van der Waals surface area contributed by atoms with Crippen LogP contribution >= 0.6 is 0 Å². The first-order valence-corrected chi connectivity index (χ1v) is 4.09. The Bertz CT molecular complexity index is 104. The van der Waals surface area contributed by atoms with Gasteiger partial charge in [-0.05, 0) is 25.8 Å². The van der Waals surface area contributed by atoms with Crippen molar-refractivity contribution in [1.82, 2.24) is 5.48 Å². The summed E-state index contributed by atoms with van der Waals surface area (Å²) in [6.07, 6.45) is 5.36. The van der Waals surface area contributed by atoms with Crippen LogP contribution in [-0.2, 0) is 0 Å². The normalized spacial score (nSPS) is 9.64. The lowest BCUT2D eigenvalue weighted by Gasteiger charge is -2.02. The summed E-state index contributed by atoms with van der Waals surface area (Å²) in [5.74, 6) is 0. The molecule has 0 bridgehead atoms. The zero-order valence-electron chi connectivity index (χ0n) is 6.97. The number of hydrogen-bond acceptors (Lipinski definition) is 3. The van der Waals surface area contributed by atoms with Crippen LogP contribution < -0.4 is 11.2 Å². The van der Waals surface area contributed by atoms with E-state index < -0.39 is 0 Å². The number of hydrogen-bond donors (Lipinski definition) is 3. The molecule has 0 aromatic carbocycles. The second-order valence-corrected chi connectivity index (χ2v) is 2.67. The SMILES string of the molecule is C=C(CCCCCCN)NO. The highest BCUT2D eigenvalue weighted by atomic mass is 16.5. The standard InChI is InChI=1S/C8H18N2O/c1-8(10-11)6-4-2-3-5-7-9/h10-11H,1-7,9H2. The average molecular weight is 158 g/mol. The largest absolute Gasteiger partial charge is 0.330 e. The molecule has 0 unspecified atom stereocenters. The molecule has 3 nitrogen and oxygen atoms in total. The third-order valence-corrected chi connectivity index (χ3v) is 1.59. The van der Waals surface area contributed by atoms with E-state index in [1.807, 2.05) is 5.48 Å². The van der Waals surface area contributed by atoms with E-state index >= 15 is 0 Å². The number of allylic oxidation sites excluding steroid dienone is 1. The van der Waals surface area contributed by atoms with Crippen molar-refractivity contribution in [2.24, 2.45) is 5.73 Å². The van der Waals surface area contributed by atoms with Crippen LogP contribution in [0.1, 0.15) is 32.1 Å². The molecule has 0 radical (unpaired) electrons. The lowest BCUT2D eigenvalue weighted by molar-refractivity contribution is 0.196. The minimum absolute atomic E-state index is 0.692. The van der Waals surface area contributed by atoms with E-state index in [4.69, 9.17) is 10.9 Å². The molecule has 0 aromatic heterocycles. The van der Waals surface area contributed by atoms with Gasteiger partial charge >= 0.3 is 0 Å². The first-order valence-electron chi connectivity index (χ1n) is 4.09. The van der Waals surface area contributed by atoms with Gasteiger partial charge in [0.25, 0.3) is 0 Å². The Morgan fingerprint density at radius 1 is 1.27 bits per heavy atom. The van der Waals surface area contributed by atoms with Crippen LogP contribution in [0.15, 0.2) is 12.3 Å². The molecule has 0 fully saturated rings. The Morgan fingerprint density at radius 3 is 2.45 bits per heavy atom. The van der Waals surface area contributed by atoms with E-state index in [1.54, 1.807) is 0 Å². The molecule has 0 atom stereocenters. The summed E-state index contributed by atoms with van der Waals surface area (Å²) < 4.78 is 0. The molecule has 0 saturated carbocycles. The predicted octanol–water partition coefficient (Wildman–Crippen LogP) is 1.39. The fraction of sp³-hybridized carbons (Fsp3) is 0.750. The fourth-order valence-corrected chi connectivity index (χ4v) is 0.892. The first-order chi connectivity index (χ1) is 5.31. The Kier molecular flexibility index (Phi) is 7.19. The highest BCUT2D eigenvalue weighted by molar-refractivity contribution is 4.86. The highest BCUT2D eigenvalue weighted by Gasteiger charge is 1.91. The second-order valence-electron chi connectivity index (χ2n) is 2.67. The Hall–Kier alpha value is -0.540. The van der Waals surface area contributed by atoms with Gasteiger partial charge in [-0.25, -0.2) is 0 Å². The summed E-state index contributed by atoms with van der Waals surface area (Å²) in [4.78, 5) is 0. The van der Waals surface area contributed by atoms with Crippen LogP contribution in [0.4, 0.5) is 0 Å². The molecule has 0 heterocycles. The van der Waals surface area contributed by atoms with Crippen molar-refractivity contribution >= 4 is 0 Å². The molecular formula is C8H18N2O. The predicted molar refractivity (Wildman–Crippen MR) is 46.2 cm³/mol. The fourth-order valence-electron chi connectivity index (χ4n) is 0.892. The smallest absolute Gasteiger partial charge is 0.0304 e. The maximum Gasteiger partial charge on any atom is 0.0304 e. The van der Waals surface area contributed by atoms with E-state index in [2.05, 4.69) is 6.58 Å². The van der Waals surface area contributed by atoms with Crippen molar-refractivity contribution in [1.29, 1.82) is 0 Å². The van der Waals surface area contributed by atoms with E-state index in [9.17, 15) is 0 Å². The zero-order chi connectivity index (χ0) is 8.53. The summed E-state index contributed by atoms with van der Waals surface area (Å²) in [5.41, 5.74) is 8.06. The van der Waals surface area contributed by atoms with Gasteiger partial charge in [-0.15, -0.1) is 0 Å². The van der Waals surface area contributed by atoms with Crippen molar-refractivity contribution < 1.29 is 5.21 Å². The Labute approximate surface area is 68.2 Å². The van der Waals surface area contributed by atoms with Gasteiger partial charge in [0.2, 0.25) is 0 Å². The molecule has 0 aliphatic rings. The molecule has 0 aliphatic heterocycles. The summed E-state index contributed by atoms with van der Waals surface area (Å²) in [7, 11) is 0. The van der Waals surface area contributed by atoms with Crippen LogP contribution in [0.2, 0.25) is 0 Å². The second kappa shape index (κ2) is 7.57. The van der Waals surface area contributed by atoms with Gasteiger partial charge < -0.3 is 5.73 Å². The van der Waals surface area contributed by atoms with Gasteiger partial charge in [0.15, 0.2) is 0 Å². The Morgan fingerprint density at radius 2 is 1.91 bits per heavy atom. The molecule has 66 valence electrons. The van der Waals surface area contributed by atoms with Crippen LogP contribution in [0.25, 0.3) is 0 Å². The monoisotopic (exact) mass is 158 g/mol. The van der Waals surface area contributed by atoms with Gasteiger partial charge in [0, 0.05) is 5.70 Å². The van der Waals surface area contributed by atoms with E-state index in [1.165, 1.54) is 6.42 Å². The topological polar surface area (TPSA) is 58.3 Å². The molecule has 0 aromatic rings.